The molecule has 0 amide bonds. The Bertz CT molecular complexity index is 1260. The van der Waals surface area contributed by atoms with Crippen LogP contribution in [0.1, 0.15) is 23.6 Å². The first kappa shape index (κ1) is 21.4. The highest BCUT2D eigenvalue weighted by Gasteiger charge is 2.12. The molecule has 4 rings (SSSR count). The van der Waals surface area contributed by atoms with Gasteiger partial charge in [0.1, 0.15) is 5.75 Å². The second kappa shape index (κ2) is 9.54. The van der Waals surface area contributed by atoms with Crippen LogP contribution in [0.15, 0.2) is 77.1 Å². The molecular formula is C26H25ClN2OS. The summed E-state index contributed by atoms with van der Waals surface area (Å²) in [6.07, 6.45) is 1.03. The minimum Gasteiger partial charge on any atom is -0.496 e. The lowest BCUT2D eigenvalue weighted by molar-refractivity contribution is 0.408. The second-order valence-corrected chi connectivity index (χ2v) is 8.64. The molecule has 31 heavy (non-hydrogen) atoms. The number of methoxy groups -OCH3 is 1. The van der Waals surface area contributed by atoms with Crippen molar-refractivity contribution in [3.8, 4) is 17.0 Å². The lowest BCUT2D eigenvalue weighted by Gasteiger charge is -2.13. The minimum absolute atomic E-state index is 0.663. The molecule has 0 saturated heterocycles. The quantitative estimate of drug-likeness (QED) is 0.311. The van der Waals surface area contributed by atoms with Crippen LogP contribution in [0.3, 0.4) is 0 Å². The van der Waals surface area contributed by atoms with Gasteiger partial charge in [0, 0.05) is 16.0 Å². The molecule has 3 nitrogen and oxygen atoms in total. The first-order chi connectivity index (χ1) is 15.1. The van der Waals surface area contributed by atoms with Gasteiger partial charge in [0.05, 0.1) is 25.0 Å². The van der Waals surface area contributed by atoms with E-state index in [1.54, 1.807) is 18.4 Å². The van der Waals surface area contributed by atoms with Gasteiger partial charge in [0.25, 0.3) is 0 Å². The van der Waals surface area contributed by atoms with Gasteiger partial charge in [0.15, 0.2) is 4.80 Å². The van der Waals surface area contributed by atoms with Crippen molar-refractivity contribution in [1.82, 2.24) is 4.57 Å². The van der Waals surface area contributed by atoms with Gasteiger partial charge in [-0.15, -0.1) is 11.3 Å². The molecular weight excluding hydrogens is 424 g/mol. The molecule has 4 aromatic rings. The van der Waals surface area contributed by atoms with E-state index in [0.717, 1.165) is 44.5 Å². The lowest BCUT2D eigenvalue weighted by atomic mass is 10.1. The smallest absolute Gasteiger partial charge is 0.190 e. The van der Waals surface area contributed by atoms with E-state index in [2.05, 4.69) is 47.2 Å². The summed E-state index contributed by atoms with van der Waals surface area (Å²) < 4.78 is 7.85. The Morgan fingerprint density at radius 3 is 2.52 bits per heavy atom. The SMILES string of the molecule is CCc1ccc(-c2csc(=Nc3ccc(C)c(Cl)c3)n2Cc2ccccc2OC)cc1. The van der Waals surface area contributed by atoms with Crippen molar-refractivity contribution in [2.24, 2.45) is 4.99 Å². The highest BCUT2D eigenvalue weighted by atomic mass is 35.5. The molecule has 0 unspecified atom stereocenters. The Labute approximate surface area is 192 Å². The van der Waals surface area contributed by atoms with Crippen LogP contribution in [0.4, 0.5) is 5.69 Å². The van der Waals surface area contributed by atoms with Gasteiger partial charge in [-0.05, 0) is 48.2 Å². The summed E-state index contributed by atoms with van der Waals surface area (Å²) >= 11 is 7.97. The third-order valence-corrected chi connectivity index (χ3v) is 6.63. The fourth-order valence-corrected chi connectivity index (χ4v) is 4.58. The van der Waals surface area contributed by atoms with Crippen LogP contribution in [0.5, 0.6) is 5.75 Å². The van der Waals surface area contributed by atoms with Crippen molar-refractivity contribution in [2.45, 2.75) is 26.8 Å². The van der Waals surface area contributed by atoms with E-state index >= 15 is 0 Å². The Hall–Kier alpha value is -2.82. The average molecular weight is 449 g/mol. The number of rotatable bonds is 6. The van der Waals surface area contributed by atoms with Crippen molar-refractivity contribution in [2.75, 3.05) is 7.11 Å². The van der Waals surface area contributed by atoms with Gasteiger partial charge in [-0.1, -0.05) is 67.1 Å². The molecule has 0 N–H and O–H groups in total. The minimum atomic E-state index is 0.663. The third kappa shape index (κ3) is 4.76. The van der Waals surface area contributed by atoms with Gasteiger partial charge < -0.3 is 9.30 Å². The predicted octanol–water partition coefficient (Wildman–Crippen LogP) is 7.03. The number of para-hydroxylation sites is 1. The molecule has 0 aliphatic carbocycles. The Kier molecular flexibility index (Phi) is 6.59. The molecule has 1 heterocycles. The zero-order valence-corrected chi connectivity index (χ0v) is 19.5. The predicted molar refractivity (Wildman–Crippen MR) is 131 cm³/mol. The van der Waals surface area contributed by atoms with Crippen LogP contribution in [-0.2, 0) is 13.0 Å². The van der Waals surface area contributed by atoms with Crippen LogP contribution in [0.25, 0.3) is 11.3 Å². The van der Waals surface area contributed by atoms with E-state index in [0.29, 0.717) is 6.54 Å². The van der Waals surface area contributed by atoms with Crippen LogP contribution in [-0.4, -0.2) is 11.7 Å². The Balaban J connectivity index is 1.85. The number of aromatic nitrogens is 1. The largest absolute Gasteiger partial charge is 0.496 e. The Morgan fingerprint density at radius 1 is 1.03 bits per heavy atom. The highest BCUT2D eigenvalue weighted by Crippen LogP contribution is 2.26. The summed E-state index contributed by atoms with van der Waals surface area (Å²) in [6, 6.07) is 22.8. The van der Waals surface area contributed by atoms with Crippen LogP contribution < -0.4 is 9.54 Å². The normalized spacial score (nSPS) is 11.7. The third-order valence-electron chi connectivity index (χ3n) is 5.36. The molecule has 0 bridgehead atoms. The molecule has 3 aromatic carbocycles. The van der Waals surface area contributed by atoms with E-state index in [1.807, 2.05) is 43.3 Å². The number of ether oxygens (including phenoxy) is 1. The summed E-state index contributed by atoms with van der Waals surface area (Å²) in [6.45, 7) is 4.83. The first-order valence-corrected chi connectivity index (χ1v) is 11.5. The van der Waals surface area contributed by atoms with E-state index < -0.39 is 0 Å². The number of thiazole rings is 1. The molecule has 0 radical (unpaired) electrons. The van der Waals surface area contributed by atoms with Crippen molar-refractivity contribution < 1.29 is 4.74 Å². The number of halogens is 1. The molecule has 0 aliphatic heterocycles. The maximum Gasteiger partial charge on any atom is 0.190 e. The average Bonchev–Trinajstić information content (AvgIpc) is 3.18. The maximum absolute atomic E-state index is 6.34. The van der Waals surface area contributed by atoms with Gasteiger partial charge >= 0.3 is 0 Å². The fourth-order valence-electron chi connectivity index (χ4n) is 3.48. The number of hydrogen-bond donors (Lipinski definition) is 0. The Morgan fingerprint density at radius 2 is 1.81 bits per heavy atom. The summed E-state index contributed by atoms with van der Waals surface area (Å²) in [7, 11) is 1.71. The van der Waals surface area contributed by atoms with Crippen LogP contribution >= 0.6 is 22.9 Å². The van der Waals surface area contributed by atoms with E-state index in [9.17, 15) is 0 Å². The van der Waals surface area contributed by atoms with Gasteiger partial charge in [-0.3, -0.25) is 0 Å². The van der Waals surface area contributed by atoms with Gasteiger partial charge in [-0.25, -0.2) is 4.99 Å². The standard InChI is InChI=1S/C26H25ClN2OS/c1-4-19-10-12-20(13-11-19)24-17-31-26(28-22-14-9-18(2)23(27)15-22)29(24)16-21-7-5-6-8-25(21)30-3/h5-15,17H,4,16H2,1-3H3. The number of benzene rings is 3. The lowest BCUT2D eigenvalue weighted by Crippen LogP contribution is -2.17. The molecule has 0 aliphatic rings. The summed E-state index contributed by atoms with van der Waals surface area (Å²) in [5, 5.41) is 2.90. The van der Waals surface area contributed by atoms with E-state index in [1.165, 1.54) is 11.1 Å². The van der Waals surface area contributed by atoms with Crippen molar-refractivity contribution in [3.05, 3.63) is 98.6 Å². The molecule has 1 aromatic heterocycles. The zero-order valence-electron chi connectivity index (χ0n) is 17.9. The zero-order chi connectivity index (χ0) is 21.8. The molecule has 0 saturated carbocycles. The van der Waals surface area contributed by atoms with Crippen molar-refractivity contribution >= 4 is 28.6 Å². The number of nitrogens with zero attached hydrogens (tertiary/aromatic N) is 2. The summed E-state index contributed by atoms with van der Waals surface area (Å²) in [4.78, 5) is 5.85. The topological polar surface area (TPSA) is 26.5 Å². The molecule has 0 spiro atoms. The van der Waals surface area contributed by atoms with Crippen molar-refractivity contribution in [3.63, 3.8) is 0 Å². The summed E-state index contributed by atoms with van der Waals surface area (Å²) in [5.74, 6) is 0.873. The highest BCUT2D eigenvalue weighted by molar-refractivity contribution is 7.07. The van der Waals surface area contributed by atoms with E-state index in [4.69, 9.17) is 21.3 Å². The van der Waals surface area contributed by atoms with Crippen LogP contribution in [0.2, 0.25) is 5.02 Å². The summed E-state index contributed by atoms with van der Waals surface area (Å²) in [5.41, 5.74) is 6.64. The number of hydrogen-bond acceptors (Lipinski definition) is 3. The fraction of sp³-hybridized carbons (Fsp3) is 0.192. The number of aryl methyl sites for hydroxylation is 2. The van der Waals surface area contributed by atoms with Gasteiger partial charge in [0.2, 0.25) is 0 Å². The van der Waals surface area contributed by atoms with Crippen LogP contribution in [0, 0.1) is 6.92 Å². The second-order valence-electron chi connectivity index (χ2n) is 7.40. The maximum atomic E-state index is 6.34. The monoisotopic (exact) mass is 448 g/mol. The first-order valence-electron chi connectivity index (χ1n) is 10.3. The van der Waals surface area contributed by atoms with Crippen molar-refractivity contribution in [1.29, 1.82) is 0 Å². The molecule has 0 fully saturated rings. The van der Waals surface area contributed by atoms with E-state index in [-0.39, 0.29) is 0 Å². The molecule has 0 atom stereocenters. The molecule has 158 valence electrons. The van der Waals surface area contributed by atoms with Gasteiger partial charge in [-0.2, -0.15) is 0 Å². The molecule has 5 heteroatoms.